The Morgan fingerprint density at radius 2 is 1.62 bits per heavy atom. The fraction of sp³-hybridized carbons (Fsp3) is 0.0556. The van der Waals surface area contributed by atoms with Gasteiger partial charge in [0, 0.05) is 5.56 Å². The zero-order valence-corrected chi connectivity index (χ0v) is 13.4. The number of ketones is 1. The van der Waals surface area contributed by atoms with Crippen molar-refractivity contribution in [2.45, 2.75) is 0 Å². The van der Waals surface area contributed by atoms with Gasteiger partial charge in [0.2, 0.25) is 0 Å². The van der Waals surface area contributed by atoms with Crippen molar-refractivity contribution >= 4 is 39.1 Å². The Labute approximate surface area is 136 Å². The van der Waals surface area contributed by atoms with E-state index < -0.39 is 0 Å². The van der Waals surface area contributed by atoms with Crippen molar-refractivity contribution in [3.8, 4) is 5.75 Å². The third-order valence-electron chi connectivity index (χ3n) is 3.28. The number of benzene rings is 3. The Balaban J connectivity index is 1.80. The van der Waals surface area contributed by atoms with Gasteiger partial charge >= 0.3 is 0 Å². The van der Waals surface area contributed by atoms with Crippen LogP contribution in [0.4, 0.5) is 0 Å². The summed E-state index contributed by atoms with van der Waals surface area (Å²) in [7, 11) is 0. The van der Waals surface area contributed by atoms with E-state index in [2.05, 4.69) is 34.7 Å². The van der Waals surface area contributed by atoms with Gasteiger partial charge in [-0.2, -0.15) is 0 Å². The molecule has 0 aliphatic rings. The van der Waals surface area contributed by atoms with Crippen molar-refractivity contribution in [2.75, 3.05) is 6.61 Å². The summed E-state index contributed by atoms with van der Waals surface area (Å²) < 4.78 is 6.74. The minimum atomic E-state index is -0.0143. The van der Waals surface area contributed by atoms with Gasteiger partial charge < -0.3 is 4.74 Å². The van der Waals surface area contributed by atoms with E-state index in [-0.39, 0.29) is 12.4 Å². The minimum absolute atomic E-state index is 0.0143. The lowest BCUT2D eigenvalue weighted by molar-refractivity contribution is 0.0921. The second kappa shape index (κ2) is 6.26. The van der Waals surface area contributed by atoms with Crippen LogP contribution in [0.1, 0.15) is 10.4 Å². The van der Waals surface area contributed by atoms with Gasteiger partial charge in [-0.15, -0.1) is 0 Å². The molecule has 3 rings (SSSR count). The third kappa shape index (κ3) is 3.08. The molecule has 0 aromatic heterocycles. The fourth-order valence-electron chi connectivity index (χ4n) is 2.18. The normalized spacial score (nSPS) is 10.5. The molecule has 0 bridgehead atoms. The molecule has 0 N–H and O–H groups in total. The van der Waals surface area contributed by atoms with Crippen molar-refractivity contribution in [1.29, 1.82) is 0 Å². The summed E-state index contributed by atoms with van der Waals surface area (Å²) in [6.45, 7) is 0.0539. The number of carbonyl (C=O) groups excluding carboxylic acids is 1. The topological polar surface area (TPSA) is 26.3 Å². The smallest absolute Gasteiger partial charge is 0.200 e. The first-order valence-electron chi connectivity index (χ1n) is 6.64. The molecule has 0 aliphatic carbocycles. The van der Waals surface area contributed by atoms with Crippen LogP contribution in [0.15, 0.2) is 66.7 Å². The van der Waals surface area contributed by atoms with Crippen LogP contribution in [0.5, 0.6) is 5.75 Å². The zero-order valence-electron chi connectivity index (χ0n) is 11.3. The zero-order chi connectivity index (χ0) is 14.7. The molecule has 0 saturated carbocycles. The predicted octanol–water partition coefficient (Wildman–Crippen LogP) is 4.71. The van der Waals surface area contributed by atoms with Crippen LogP contribution in [0.25, 0.3) is 10.8 Å². The first-order chi connectivity index (χ1) is 10.3. The van der Waals surface area contributed by atoms with Crippen LogP contribution in [0.2, 0.25) is 0 Å². The van der Waals surface area contributed by atoms with Crippen LogP contribution >= 0.6 is 22.6 Å². The summed E-state index contributed by atoms with van der Waals surface area (Å²) >= 11 is 2.26. The van der Waals surface area contributed by atoms with Gasteiger partial charge in [-0.3, -0.25) is 4.79 Å². The molecule has 21 heavy (non-hydrogen) atoms. The van der Waals surface area contributed by atoms with Gasteiger partial charge in [0.1, 0.15) is 5.75 Å². The van der Waals surface area contributed by atoms with Crippen LogP contribution in [-0.2, 0) is 0 Å². The van der Waals surface area contributed by atoms with E-state index in [1.54, 1.807) is 12.1 Å². The van der Waals surface area contributed by atoms with Crippen LogP contribution < -0.4 is 4.74 Å². The fourth-order valence-corrected chi connectivity index (χ4v) is 3.00. The van der Waals surface area contributed by atoms with Crippen molar-refractivity contribution in [1.82, 2.24) is 0 Å². The van der Waals surface area contributed by atoms with Gasteiger partial charge in [0.25, 0.3) is 0 Å². The van der Waals surface area contributed by atoms with E-state index in [1.807, 2.05) is 42.5 Å². The molecule has 3 aromatic carbocycles. The van der Waals surface area contributed by atoms with Crippen molar-refractivity contribution in [3.05, 3.63) is 75.9 Å². The number of halogens is 1. The summed E-state index contributed by atoms with van der Waals surface area (Å²) in [4.78, 5) is 12.1. The number of ether oxygens (including phenoxy) is 1. The van der Waals surface area contributed by atoms with E-state index in [9.17, 15) is 4.79 Å². The van der Waals surface area contributed by atoms with E-state index in [1.165, 1.54) is 5.39 Å². The molecule has 2 nitrogen and oxygen atoms in total. The first kappa shape index (κ1) is 14.1. The lowest BCUT2D eigenvalue weighted by Gasteiger charge is -2.10. The number of hydrogen-bond donors (Lipinski definition) is 0. The molecule has 3 aromatic rings. The summed E-state index contributed by atoms with van der Waals surface area (Å²) in [5.74, 6) is 0.734. The molecule has 0 spiro atoms. The second-order valence-corrected chi connectivity index (χ2v) is 5.76. The lowest BCUT2D eigenvalue weighted by Crippen LogP contribution is -2.12. The summed E-state index contributed by atoms with van der Waals surface area (Å²) in [5.41, 5.74) is 0.674. The Kier molecular flexibility index (Phi) is 4.20. The highest BCUT2D eigenvalue weighted by Crippen LogP contribution is 2.29. The van der Waals surface area contributed by atoms with Crippen LogP contribution in [0, 0.1) is 3.57 Å². The van der Waals surface area contributed by atoms with Gasteiger partial charge in [0.15, 0.2) is 12.4 Å². The Morgan fingerprint density at radius 3 is 2.43 bits per heavy atom. The quantitative estimate of drug-likeness (QED) is 0.478. The lowest BCUT2D eigenvalue weighted by atomic mass is 10.1. The molecule has 0 amide bonds. The van der Waals surface area contributed by atoms with E-state index in [4.69, 9.17) is 4.74 Å². The molecule has 0 fully saturated rings. The number of rotatable bonds is 4. The van der Waals surface area contributed by atoms with Gasteiger partial charge in [0.05, 0.1) is 3.57 Å². The molecule has 0 atom stereocenters. The number of hydrogen-bond acceptors (Lipinski definition) is 2. The average molecular weight is 388 g/mol. The molecule has 3 heteroatoms. The highest BCUT2D eigenvalue weighted by atomic mass is 127. The number of Topliss-reactive ketones (excluding diaryl/α,β-unsaturated/α-hetero) is 1. The van der Waals surface area contributed by atoms with Gasteiger partial charge in [-0.1, -0.05) is 60.7 Å². The average Bonchev–Trinajstić information content (AvgIpc) is 2.55. The molecule has 0 radical (unpaired) electrons. The predicted molar refractivity (Wildman–Crippen MR) is 92.9 cm³/mol. The van der Waals surface area contributed by atoms with Crippen molar-refractivity contribution in [2.24, 2.45) is 0 Å². The molecular formula is C18H13IO2. The number of carbonyl (C=O) groups is 1. The maximum Gasteiger partial charge on any atom is 0.200 e. The Bertz CT molecular complexity index is 782. The highest BCUT2D eigenvalue weighted by Gasteiger charge is 2.09. The molecular weight excluding hydrogens is 375 g/mol. The van der Waals surface area contributed by atoms with E-state index >= 15 is 0 Å². The Hall–Kier alpha value is -1.88. The van der Waals surface area contributed by atoms with E-state index in [0.717, 1.165) is 14.7 Å². The Morgan fingerprint density at radius 1 is 0.905 bits per heavy atom. The summed E-state index contributed by atoms with van der Waals surface area (Å²) in [5, 5.41) is 2.31. The molecule has 0 heterocycles. The summed E-state index contributed by atoms with van der Waals surface area (Å²) in [6, 6.07) is 21.3. The third-order valence-corrected chi connectivity index (χ3v) is 4.40. The SMILES string of the molecule is O=C(COc1ccc2ccccc2c1I)c1ccccc1. The monoisotopic (exact) mass is 388 g/mol. The molecule has 0 unspecified atom stereocenters. The maximum absolute atomic E-state index is 12.1. The van der Waals surface area contributed by atoms with Gasteiger partial charge in [-0.25, -0.2) is 0 Å². The maximum atomic E-state index is 12.1. The standard InChI is InChI=1S/C18H13IO2/c19-18-15-9-5-4-6-13(15)10-11-17(18)21-12-16(20)14-7-2-1-3-8-14/h1-11H,12H2. The van der Waals surface area contributed by atoms with Gasteiger partial charge in [-0.05, 0) is 39.4 Å². The summed E-state index contributed by atoms with van der Waals surface area (Å²) in [6.07, 6.45) is 0. The molecule has 0 aliphatic heterocycles. The largest absolute Gasteiger partial charge is 0.484 e. The highest BCUT2D eigenvalue weighted by molar-refractivity contribution is 14.1. The molecule has 104 valence electrons. The van der Waals surface area contributed by atoms with Crippen LogP contribution in [-0.4, -0.2) is 12.4 Å². The minimum Gasteiger partial charge on any atom is -0.484 e. The number of fused-ring (bicyclic) bond motifs is 1. The van der Waals surface area contributed by atoms with Crippen LogP contribution in [0.3, 0.4) is 0 Å². The first-order valence-corrected chi connectivity index (χ1v) is 7.72. The molecule has 0 saturated heterocycles. The van der Waals surface area contributed by atoms with Crippen molar-refractivity contribution in [3.63, 3.8) is 0 Å². The van der Waals surface area contributed by atoms with Crippen molar-refractivity contribution < 1.29 is 9.53 Å². The second-order valence-electron chi connectivity index (χ2n) is 4.68. The van der Waals surface area contributed by atoms with E-state index in [0.29, 0.717) is 5.56 Å².